The van der Waals surface area contributed by atoms with Gasteiger partial charge in [-0.1, -0.05) is 0 Å². The molecule has 1 aromatic carbocycles. The predicted molar refractivity (Wildman–Crippen MR) is 64.5 cm³/mol. The summed E-state index contributed by atoms with van der Waals surface area (Å²) in [5, 5.41) is 0. The highest BCUT2D eigenvalue weighted by atomic mass is 32.2. The zero-order valence-corrected chi connectivity index (χ0v) is 10.6. The van der Waals surface area contributed by atoms with Crippen molar-refractivity contribution in [3.8, 4) is 0 Å². The molecule has 0 aliphatic rings. The van der Waals surface area contributed by atoms with Gasteiger partial charge in [-0.15, -0.1) is 0 Å². The highest BCUT2D eigenvalue weighted by Crippen LogP contribution is 2.22. The number of hydrogen-bond donors (Lipinski definition) is 2. The Labute approximate surface area is 98.3 Å². The van der Waals surface area contributed by atoms with Crippen LogP contribution in [0.4, 0.5) is 0 Å². The zero-order valence-electron chi connectivity index (χ0n) is 9.73. The lowest BCUT2D eigenvalue weighted by Crippen LogP contribution is -2.23. The van der Waals surface area contributed by atoms with E-state index in [2.05, 4.69) is 9.97 Å². The number of H-pyrrole nitrogens is 2. The van der Waals surface area contributed by atoms with Gasteiger partial charge in [0.25, 0.3) is 0 Å². The van der Waals surface area contributed by atoms with Crippen LogP contribution in [0.3, 0.4) is 0 Å². The molecule has 0 fully saturated rings. The molecule has 0 radical (unpaired) electrons. The van der Waals surface area contributed by atoms with Crippen LogP contribution < -0.4 is 5.69 Å². The Balaban J connectivity index is 2.79. The topological polar surface area (TPSA) is 86.0 Å². The summed E-state index contributed by atoms with van der Waals surface area (Å²) in [5.41, 5.74) is 1.34. The van der Waals surface area contributed by atoms with Gasteiger partial charge in [0.1, 0.15) is 0 Å². The summed E-state index contributed by atoms with van der Waals surface area (Å²) in [7, 11) is -0.550. The van der Waals surface area contributed by atoms with Gasteiger partial charge < -0.3 is 9.97 Å². The molecular weight excluding hydrogens is 242 g/mol. The molecule has 6 nitrogen and oxygen atoms in total. The Hall–Kier alpha value is -1.60. The van der Waals surface area contributed by atoms with Crippen LogP contribution in [0.15, 0.2) is 21.8 Å². The van der Waals surface area contributed by atoms with Crippen LogP contribution in [0.25, 0.3) is 11.0 Å². The van der Waals surface area contributed by atoms with Gasteiger partial charge in [0.2, 0.25) is 10.0 Å². The van der Waals surface area contributed by atoms with Crippen LogP contribution in [0.2, 0.25) is 0 Å². The van der Waals surface area contributed by atoms with Crippen molar-refractivity contribution in [2.45, 2.75) is 11.8 Å². The van der Waals surface area contributed by atoms with Crippen molar-refractivity contribution >= 4 is 21.1 Å². The lowest BCUT2D eigenvalue weighted by molar-refractivity contribution is 0.520. The number of nitrogens with one attached hydrogen (secondary N) is 2. The molecule has 7 heteroatoms. The van der Waals surface area contributed by atoms with Crippen molar-refractivity contribution in [2.75, 3.05) is 14.1 Å². The zero-order chi connectivity index (χ0) is 12.8. The first kappa shape index (κ1) is 11.9. The van der Waals surface area contributed by atoms with E-state index in [4.69, 9.17) is 0 Å². The van der Waals surface area contributed by atoms with Crippen LogP contribution >= 0.6 is 0 Å². The van der Waals surface area contributed by atoms with Crippen LogP contribution in [-0.4, -0.2) is 36.8 Å². The Kier molecular flexibility index (Phi) is 2.59. The normalized spacial score (nSPS) is 12.5. The Morgan fingerprint density at radius 1 is 1.12 bits per heavy atom. The van der Waals surface area contributed by atoms with Crippen LogP contribution in [0, 0.1) is 6.92 Å². The average molecular weight is 255 g/mol. The molecule has 2 aromatic rings. The van der Waals surface area contributed by atoms with Crippen molar-refractivity contribution < 1.29 is 8.42 Å². The molecule has 2 N–H and O–H groups in total. The number of fused-ring (bicyclic) bond motifs is 1. The maximum atomic E-state index is 12.0. The van der Waals surface area contributed by atoms with Crippen molar-refractivity contribution in [1.82, 2.24) is 14.3 Å². The number of benzene rings is 1. The van der Waals surface area contributed by atoms with E-state index in [-0.39, 0.29) is 10.6 Å². The number of aromatic amines is 2. The third-order valence-corrected chi connectivity index (χ3v) is 4.53. The third kappa shape index (κ3) is 1.87. The Morgan fingerprint density at radius 2 is 1.65 bits per heavy atom. The molecule has 92 valence electrons. The molecular formula is C10H13N3O3S. The predicted octanol–water partition coefficient (Wildman–Crippen LogP) is 0.415. The molecule has 0 unspecified atom stereocenters. The summed E-state index contributed by atoms with van der Waals surface area (Å²) in [4.78, 5) is 16.5. The van der Waals surface area contributed by atoms with Crippen LogP contribution in [0.5, 0.6) is 0 Å². The molecule has 0 aliphatic carbocycles. The average Bonchev–Trinajstić information content (AvgIpc) is 2.55. The monoisotopic (exact) mass is 255 g/mol. The number of nitrogens with zero attached hydrogens (tertiary/aromatic N) is 1. The summed E-state index contributed by atoms with van der Waals surface area (Å²) in [5.74, 6) is 0. The largest absolute Gasteiger partial charge is 0.323 e. The van der Waals surface area contributed by atoms with E-state index >= 15 is 0 Å². The summed E-state index contributed by atoms with van der Waals surface area (Å²) < 4.78 is 25.2. The molecule has 0 spiro atoms. The molecule has 2 rings (SSSR count). The van der Waals surface area contributed by atoms with Gasteiger partial charge in [-0.25, -0.2) is 17.5 Å². The van der Waals surface area contributed by atoms with E-state index in [9.17, 15) is 13.2 Å². The Morgan fingerprint density at radius 3 is 2.18 bits per heavy atom. The number of imidazole rings is 1. The minimum atomic E-state index is -3.49. The molecule has 0 saturated carbocycles. The maximum absolute atomic E-state index is 12.0. The van der Waals surface area contributed by atoms with Gasteiger partial charge in [-0.05, 0) is 24.6 Å². The number of rotatable bonds is 2. The lowest BCUT2D eigenvalue weighted by atomic mass is 10.2. The SMILES string of the molecule is Cc1cc2[nH]c(=O)[nH]c2cc1S(=O)(=O)N(C)C. The van der Waals surface area contributed by atoms with Gasteiger partial charge in [0.05, 0.1) is 15.9 Å². The van der Waals surface area contributed by atoms with E-state index in [1.807, 2.05) is 0 Å². The highest BCUT2D eigenvalue weighted by Gasteiger charge is 2.20. The van der Waals surface area contributed by atoms with Crippen molar-refractivity contribution in [3.05, 3.63) is 28.2 Å². The minimum absolute atomic E-state index is 0.199. The van der Waals surface area contributed by atoms with Gasteiger partial charge >= 0.3 is 5.69 Å². The van der Waals surface area contributed by atoms with E-state index in [1.54, 1.807) is 13.0 Å². The summed E-state index contributed by atoms with van der Waals surface area (Å²) >= 11 is 0. The first-order valence-electron chi connectivity index (χ1n) is 4.97. The molecule has 0 atom stereocenters. The number of sulfonamides is 1. The lowest BCUT2D eigenvalue weighted by Gasteiger charge is -2.13. The molecule has 0 saturated heterocycles. The standard InChI is InChI=1S/C10H13N3O3S/c1-6-4-7-8(12-10(14)11-7)5-9(6)17(15,16)13(2)3/h4-5H,1-3H3,(H2,11,12,14). The second kappa shape index (κ2) is 3.71. The molecule has 0 aliphatic heterocycles. The first-order valence-corrected chi connectivity index (χ1v) is 6.41. The van der Waals surface area contributed by atoms with Gasteiger partial charge in [-0.3, -0.25) is 0 Å². The van der Waals surface area contributed by atoms with Crippen LogP contribution in [0.1, 0.15) is 5.56 Å². The fraction of sp³-hybridized carbons (Fsp3) is 0.300. The molecule has 1 aromatic heterocycles. The summed E-state index contributed by atoms with van der Waals surface area (Å²) in [6.45, 7) is 1.70. The van der Waals surface area contributed by atoms with Crippen molar-refractivity contribution in [3.63, 3.8) is 0 Å². The fourth-order valence-corrected chi connectivity index (χ4v) is 2.77. The fourth-order valence-electron chi connectivity index (χ4n) is 1.65. The number of hydrogen-bond acceptors (Lipinski definition) is 3. The summed E-state index contributed by atoms with van der Waals surface area (Å²) in [6.07, 6.45) is 0. The second-order valence-corrected chi connectivity index (χ2v) is 6.15. The van der Waals surface area contributed by atoms with E-state index in [0.29, 0.717) is 16.6 Å². The van der Waals surface area contributed by atoms with Gasteiger partial charge in [-0.2, -0.15) is 0 Å². The number of aromatic nitrogens is 2. The summed E-state index contributed by atoms with van der Waals surface area (Å²) in [6, 6.07) is 3.11. The minimum Gasteiger partial charge on any atom is -0.306 e. The van der Waals surface area contributed by atoms with E-state index < -0.39 is 10.0 Å². The molecule has 1 heterocycles. The molecule has 0 amide bonds. The third-order valence-electron chi connectivity index (χ3n) is 2.57. The van der Waals surface area contributed by atoms with E-state index in [0.717, 1.165) is 4.31 Å². The highest BCUT2D eigenvalue weighted by molar-refractivity contribution is 7.89. The molecule has 17 heavy (non-hydrogen) atoms. The smallest absolute Gasteiger partial charge is 0.306 e. The second-order valence-electron chi connectivity index (χ2n) is 4.03. The maximum Gasteiger partial charge on any atom is 0.323 e. The van der Waals surface area contributed by atoms with Crippen molar-refractivity contribution in [2.24, 2.45) is 0 Å². The first-order chi connectivity index (χ1) is 7.82. The van der Waals surface area contributed by atoms with Crippen LogP contribution in [-0.2, 0) is 10.0 Å². The Bertz CT molecular complexity index is 725. The molecule has 0 bridgehead atoms. The quantitative estimate of drug-likeness (QED) is 0.815. The number of aryl methyl sites for hydroxylation is 1. The van der Waals surface area contributed by atoms with E-state index in [1.165, 1.54) is 20.2 Å². The van der Waals surface area contributed by atoms with Gasteiger partial charge in [0.15, 0.2) is 0 Å². The van der Waals surface area contributed by atoms with Crippen molar-refractivity contribution in [1.29, 1.82) is 0 Å². The van der Waals surface area contributed by atoms with Gasteiger partial charge in [0, 0.05) is 14.1 Å².